The topological polar surface area (TPSA) is 72.0 Å². The van der Waals surface area contributed by atoms with Crippen molar-refractivity contribution in [1.29, 1.82) is 0 Å². The molecule has 0 aliphatic heterocycles. The summed E-state index contributed by atoms with van der Waals surface area (Å²) in [5.74, 6) is 0.396. The Morgan fingerprint density at radius 2 is 1.67 bits per heavy atom. The molecular formula is C11H18F3N5OS. The minimum absolute atomic E-state index is 0.0903. The van der Waals surface area contributed by atoms with Gasteiger partial charge in [0.25, 0.3) is 0 Å². The quantitative estimate of drug-likeness (QED) is 0.676. The van der Waals surface area contributed by atoms with Crippen molar-refractivity contribution >= 4 is 23.7 Å². The summed E-state index contributed by atoms with van der Waals surface area (Å²) in [6.07, 6.45) is 0.890. The molecule has 0 aromatic carbocycles. The van der Waals surface area contributed by atoms with Crippen LogP contribution in [-0.2, 0) is 0 Å². The highest BCUT2D eigenvalue weighted by Crippen LogP contribution is 2.29. The minimum atomic E-state index is -4.23. The highest BCUT2D eigenvalue weighted by molar-refractivity contribution is 8.00. The first-order valence-corrected chi connectivity index (χ1v) is 7.50. The number of halogens is 3. The lowest BCUT2D eigenvalue weighted by Gasteiger charge is -2.10. The standard InChI is InChI=1S/C11H18F3N5OS/c1-3-5-15-8-17-9(19-10(18-8)20-4-2)16-6-7-21-11(12,13)14/h3-7H2,1-2H3,(H2,15,16,17,18,19). The number of alkyl halides is 3. The third kappa shape index (κ3) is 7.78. The average molecular weight is 325 g/mol. The van der Waals surface area contributed by atoms with Gasteiger partial charge in [0.2, 0.25) is 11.9 Å². The zero-order valence-corrected chi connectivity index (χ0v) is 12.6. The van der Waals surface area contributed by atoms with Gasteiger partial charge in [0.05, 0.1) is 6.61 Å². The molecule has 0 bridgehead atoms. The van der Waals surface area contributed by atoms with Crippen LogP contribution in [0, 0.1) is 0 Å². The van der Waals surface area contributed by atoms with E-state index in [0.29, 0.717) is 19.1 Å². The molecule has 0 saturated heterocycles. The Morgan fingerprint density at radius 1 is 1.05 bits per heavy atom. The van der Waals surface area contributed by atoms with Crippen molar-refractivity contribution in [2.24, 2.45) is 0 Å². The second kappa shape index (κ2) is 8.75. The van der Waals surface area contributed by atoms with E-state index in [0.717, 1.165) is 6.42 Å². The minimum Gasteiger partial charge on any atom is -0.464 e. The predicted molar refractivity (Wildman–Crippen MR) is 76.8 cm³/mol. The Labute approximate surface area is 125 Å². The lowest BCUT2D eigenvalue weighted by molar-refractivity contribution is -0.0327. The fourth-order valence-electron chi connectivity index (χ4n) is 1.27. The van der Waals surface area contributed by atoms with Crippen LogP contribution in [0.15, 0.2) is 0 Å². The van der Waals surface area contributed by atoms with Crippen molar-refractivity contribution in [3.05, 3.63) is 0 Å². The lowest BCUT2D eigenvalue weighted by Crippen LogP contribution is -2.14. The molecule has 0 radical (unpaired) electrons. The van der Waals surface area contributed by atoms with Crippen molar-refractivity contribution in [2.75, 3.05) is 36.1 Å². The molecule has 1 aromatic heterocycles. The number of nitrogens with zero attached hydrogens (tertiary/aromatic N) is 3. The van der Waals surface area contributed by atoms with Crippen LogP contribution >= 0.6 is 11.8 Å². The van der Waals surface area contributed by atoms with E-state index in [-0.39, 0.29) is 36.0 Å². The molecule has 0 aliphatic rings. The molecule has 21 heavy (non-hydrogen) atoms. The largest absolute Gasteiger partial charge is 0.464 e. The molecule has 120 valence electrons. The second-order valence-corrected chi connectivity index (χ2v) is 5.01. The van der Waals surface area contributed by atoms with Crippen molar-refractivity contribution in [3.8, 4) is 6.01 Å². The van der Waals surface area contributed by atoms with Gasteiger partial charge in [0.1, 0.15) is 0 Å². The van der Waals surface area contributed by atoms with Gasteiger partial charge in [0.15, 0.2) is 0 Å². The molecule has 1 aromatic rings. The van der Waals surface area contributed by atoms with Crippen LogP contribution in [0.1, 0.15) is 20.3 Å². The number of aromatic nitrogens is 3. The SMILES string of the molecule is CCCNc1nc(NCCSC(F)(F)F)nc(OCC)n1. The van der Waals surface area contributed by atoms with Crippen LogP contribution in [0.5, 0.6) is 6.01 Å². The van der Waals surface area contributed by atoms with Crippen molar-refractivity contribution in [1.82, 2.24) is 15.0 Å². The summed E-state index contributed by atoms with van der Waals surface area (Å²) >= 11 is -0.0952. The Hall–Kier alpha value is -1.45. The molecule has 0 fully saturated rings. The number of ether oxygens (including phenoxy) is 1. The van der Waals surface area contributed by atoms with Crippen LogP contribution in [-0.4, -0.2) is 45.9 Å². The molecule has 0 unspecified atom stereocenters. The highest BCUT2D eigenvalue weighted by Gasteiger charge is 2.27. The summed E-state index contributed by atoms with van der Waals surface area (Å²) < 4.78 is 41.2. The first-order valence-electron chi connectivity index (χ1n) is 6.52. The van der Waals surface area contributed by atoms with Gasteiger partial charge in [-0.15, -0.1) is 0 Å². The van der Waals surface area contributed by atoms with E-state index in [2.05, 4.69) is 25.6 Å². The molecule has 1 heterocycles. The van der Waals surface area contributed by atoms with Crippen LogP contribution < -0.4 is 15.4 Å². The molecule has 0 aliphatic carbocycles. The first-order chi connectivity index (χ1) is 9.94. The molecule has 0 spiro atoms. The van der Waals surface area contributed by atoms with E-state index < -0.39 is 5.51 Å². The summed E-state index contributed by atoms with van der Waals surface area (Å²) in [5, 5.41) is 5.71. The fraction of sp³-hybridized carbons (Fsp3) is 0.727. The summed E-state index contributed by atoms with van der Waals surface area (Å²) in [7, 11) is 0. The summed E-state index contributed by atoms with van der Waals surface area (Å²) in [5.41, 5.74) is -4.23. The molecule has 0 atom stereocenters. The van der Waals surface area contributed by atoms with Crippen molar-refractivity contribution in [3.63, 3.8) is 0 Å². The van der Waals surface area contributed by atoms with Gasteiger partial charge in [-0.2, -0.15) is 28.1 Å². The molecule has 0 saturated carbocycles. The number of rotatable bonds is 9. The Balaban J connectivity index is 2.60. The van der Waals surface area contributed by atoms with Gasteiger partial charge in [-0.25, -0.2) is 0 Å². The maximum Gasteiger partial charge on any atom is 0.441 e. The Bertz CT molecular complexity index is 433. The third-order valence-electron chi connectivity index (χ3n) is 2.07. The molecular weight excluding hydrogens is 307 g/mol. The predicted octanol–water partition coefficient (Wildman–Crippen LogP) is 2.76. The van der Waals surface area contributed by atoms with E-state index in [9.17, 15) is 13.2 Å². The molecule has 0 amide bonds. The zero-order valence-electron chi connectivity index (χ0n) is 11.8. The first kappa shape index (κ1) is 17.6. The molecule has 1 rings (SSSR count). The molecule has 6 nitrogen and oxygen atoms in total. The van der Waals surface area contributed by atoms with E-state index in [4.69, 9.17) is 4.74 Å². The Morgan fingerprint density at radius 3 is 2.19 bits per heavy atom. The normalized spacial score (nSPS) is 11.3. The smallest absolute Gasteiger partial charge is 0.441 e. The maximum absolute atomic E-state index is 12.0. The number of thioether (sulfide) groups is 1. The van der Waals surface area contributed by atoms with Gasteiger partial charge in [-0.3, -0.25) is 0 Å². The highest BCUT2D eigenvalue weighted by atomic mass is 32.2. The lowest BCUT2D eigenvalue weighted by atomic mass is 10.5. The maximum atomic E-state index is 12.0. The Kier molecular flexibility index (Phi) is 7.34. The number of hydrogen-bond acceptors (Lipinski definition) is 7. The third-order valence-corrected chi connectivity index (χ3v) is 2.81. The van der Waals surface area contributed by atoms with E-state index >= 15 is 0 Å². The monoisotopic (exact) mass is 325 g/mol. The zero-order chi connectivity index (χ0) is 15.7. The van der Waals surface area contributed by atoms with E-state index in [1.54, 1.807) is 6.92 Å². The van der Waals surface area contributed by atoms with E-state index in [1.807, 2.05) is 6.92 Å². The van der Waals surface area contributed by atoms with Crippen LogP contribution in [0.4, 0.5) is 25.1 Å². The van der Waals surface area contributed by atoms with Crippen LogP contribution in [0.3, 0.4) is 0 Å². The second-order valence-electron chi connectivity index (χ2n) is 3.85. The summed E-state index contributed by atoms with van der Waals surface area (Å²) in [6, 6.07) is 0.136. The number of anilines is 2. The van der Waals surface area contributed by atoms with Crippen LogP contribution in [0.2, 0.25) is 0 Å². The van der Waals surface area contributed by atoms with Gasteiger partial charge in [-0.1, -0.05) is 6.92 Å². The van der Waals surface area contributed by atoms with Gasteiger partial charge < -0.3 is 15.4 Å². The summed E-state index contributed by atoms with van der Waals surface area (Å²) in [4.78, 5) is 12.1. The van der Waals surface area contributed by atoms with Gasteiger partial charge in [0, 0.05) is 18.8 Å². The van der Waals surface area contributed by atoms with E-state index in [1.165, 1.54) is 0 Å². The number of hydrogen-bond donors (Lipinski definition) is 2. The fourth-order valence-corrected chi connectivity index (χ4v) is 1.71. The molecule has 2 N–H and O–H groups in total. The van der Waals surface area contributed by atoms with Gasteiger partial charge >= 0.3 is 11.5 Å². The van der Waals surface area contributed by atoms with Gasteiger partial charge in [-0.05, 0) is 25.1 Å². The molecule has 10 heteroatoms. The summed E-state index contributed by atoms with van der Waals surface area (Å²) in [6.45, 7) is 4.94. The average Bonchev–Trinajstić information content (AvgIpc) is 2.41. The number of nitrogens with one attached hydrogen (secondary N) is 2. The van der Waals surface area contributed by atoms with Crippen molar-refractivity contribution in [2.45, 2.75) is 25.8 Å². The van der Waals surface area contributed by atoms with Crippen molar-refractivity contribution < 1.29 is 17.9 Å². The van der Waals surface area contributed by atoms with Crippen LogP contribution in [0.25, 0.3) is 0 Å².